The molecule has 150 valence electrons. The number of pyridine rings is 1. The summed E-state index contributed by atoms with van der Waals surface area (Å²) in [6.07, 6.45) is 3.96. The van der Waals surface area contributed by atoms with Crippen LogP contribution in [0.1, 0.15) is 25.2 Å². The van der Waals surface area contributed by atoms with Crippen molar-refractivity contribution in [3.05, 3.63) is 66.2 Å². The average Bonchev–Trinajstić information content (AvgIpc) is 3.06. The number of carbonyl (C=O) groups is 1. The number of benzene rings is 1. The summed E-state index contributed by atoms with van der Waals surface area (Å²) >= 11 is 1.81. The number of aromatic nitrogens is 2. The number of hydrogen-bond acceptors (Lipinski definition) is 4. The lowest BCUT2D eigenvalue weighted by Crippen LogP contribution is -2.44. The van der Waals surface area contributed by atoms with Crippen LogP contribution < -0.4 is 10.6 Å². The molecule has 1 aliphatic heterocycles. The van der Waals surface area contributed by atoms with Crippen molar-refractivity contribution in [3.8, 4) is 0 Å². The lowest BCUT2D eigenvalue weighted by molar-refractivity contribution is -0.124. The highest BCUT2D eigenvalue weighted by molar-refractivity contribution is 7.98. The van der Waals surface area contributed by atoms with Gasteiger partial charge in [-0.15, -0.1) is 11.8 Å². The predicted molar refractivity (Wildman–Crippen MR) is 116 cm³/mol. The van der Waals surface area contributed by atoms with Crippen LogP contribution in [0.2, 0.25) is 0 Å². The van der Waals surface area contributed by atoms with Gasteiger partial charge in [0.15, 0.2) is 0 Å². The Labute approximate surface area is 175 Å². The van der Waals surface area contributed by atoms with Crippen LogP contribution in [0.5, 0.6) is 0 Å². The lowest BCUT2D eigenvalue weighted by atomic mass is 10.0. The number of rotatable bonds is 6. The van der Waals surface area contributed by atoms with Crippen LogP contribution in [-0.2, 0) is 16.1 Å². The maximum Gasteiger partial charge on any atom is 0.224 e. The fraction of sp³-hybridized carbons (Fsp3) is 0.391. The van der Waals surface area contributed by atoms with E-state index in [-0.39, 0.29) is 11.8 Å². The minimum Gasteiger partial charge on any atom is -0.344 e. The minimum absolute atomic E-state index is 0.165. The van der Waals surface area contributed by atoms with Gasteiger partial charge in [0.1, 0.15) is 5.82 Å². The zero-order valence-electron chi connectivity index (χ0n) is 16.8. The second-order valence-electron chi connectivity index (χ2n) is 8.61. The molecular weight excluding hydrogens is 380 g/mol. The number of nitrogens with one attached hydrogen (secondary N) is 2. The molecule has 1 amide bonds. The maximum absolute atomic E-state index is 12.8. The third-order valence-corrected chi connectivity index (χ3v) is 7.29. The molecular formula is C23H26N4OS. The molecule has 6 heteroatoms. The first-order chi connectivity index (χ1) is 14.0. The highest BCUT2D eigenvalue weighted by Gasteiger charge is 2.57. The van der Waals surface area contributed by atoms with Gasteiger partial charge in [-0.2, -0.15) is 0 Å². The van der Waals surface area contributed by atoms with E-state index in [0.717, 1.165) is 30.2 Å². The zero-order chi connectivity index (χ0) is 20.0. The highest BCUT2D eigenvalue weighted by Crippen LogP contribution is 2.49. The maximum atomic E-state index is 12.8. The van der Waals surface area contributed by atoms with Gasteiger partial charge in [0.05, 0.1) is 17.3 Å². The Morgan fingerprint density at radius 2 is 1.97 bits per heavy atom. The van der Waals surface area contributed by atoms with E-state index in [1.165, 1.54) is 10.5 Å². The molecule has 5 nitrogen and oxygen atoms in total. The normalized spacial score (nSPS) is 23.2. The Bertz CT molecular complexity index is 1040. The van der Waals surface area contributed by atoms with Crippen molar-refractivity contribution in [3.63, 3.8) is 0 Å². The van der Waals surface area contributed by atoms with E-state index in [4.69, 9.17) is 4.98 Å². The van der Waals surface area contributed by atoms with Gasteiger partial charge in [-0.05, 0) is 56.5 Å². The van der Waals surface area contributed by atoms with E-state index in [2.05, 4.69) is 51.4 Å². The largest absolute Gasteiger partial charge is 0.344 e. The van der Waals surface area contributed by atoms with E-state index in [1.54, 1.807) is 0 Å². The molecule has 2 aromatic heterocycles. The molecule has 0 bridgehead atoms. The van der Waals surface area contributed by atoms with Gasteiger partial charge in [-0.3, -0.25) is 4.79 Å². The molecule has 2 aliphatic rings. The highest BCUT2D eigenvalue weighted by atomic mass is 32.2. The first-order valence-corrected chi connectivity index (χ1v) is 11.2. The Morgan fingerprint density at radius 1 is 1.21 bits per heavy atom. The van der Waals surface area contributed by atoms with Gasteiger partial charge in [0.25, 0.3) is 0 Å². The number of hydrogen-bond donors (Lipinski definition) is 2. The van der Waals surface area contributed by atoms with Gasteiger partial charge >= 0.3 is 0 Å². The van der Waals surface area contributed by atoms with Gasteiger partial charge < -0.3 is 15.0 Å². The number of fused-ring (bicyclic) bond motifs is 2. The molecule has 3 atom stereocenters. The number of thioether (sulfide) groups is 1. The summed E-state index contributed by atoms with van der Waals surface area (Å²) in [5, 5.41) is 6.61. The van der Waals surface area contributed by atoms with Crippen molar-refractivity contribution in [1.82, 2.24) is 20.0 Å². The second-order valence-corrected chi connectivity index (χ2v) is 9.63. The van der Waals surface area contributed by atoms with E-state index >= 15 is 0 Å². The van der Waals surface area contributed by atoms with Crippen molar-refractivity contribution in [2.75, 3.05) is 13.1 Å². The molecule has 29 heavy (non-hydrogen) atoms. The quantitative estimate of drug-likeness (QED) is 0.616. The third-order valence-electron chi connectivity index (χ3n) is 6.16. The summed E-state index contributed by atoms with van der Waals surface area (Å²) in [5.41, 5.74) is 1.85. The molecule has 1 aliphatic carbocycles. The Morgan fingerprint density at radius 3 is 2.72 bits per heavy atom. The summed E-state index contributed by atoms with van der Waals surface area (Å²) in [7, 11) is 0. The zero-order valence-corrected chi connectivity index (χ0v) is 17.6. The Balaban J connectivity index is 1.35. The Hall–Kier alpha value is -2.31. The molecule has 3 aromatic rings. The van der Waals surface area contributed by atoms with E-state index < -0.39 is 5.54 Å². The number of carbonyl (C=O) groups excluding carboxylic acids is 1. The van der Waals surface area contributed by atoms with Crippen molar-refractivity contribution < 1.29 is 4.79 Å². The molecule has 5 rings (SSSR count). The van der Waals surface area contributed by atoms with Crippen LogP contribution in [0.15, 0.2) is 59.8 Å². The van der Waals surface area contributed by atoms with Gasteiger partial charge in [-0.25, -0.2) is 4.98 Å². The van der Waals surface area contributed by atoms with Crippen LogP contribution in [0, 0.1) is 17.8 Å². The summed E-state index contributed by atoms with van der Waals surface area (Å²) in [4.78, 5) is 18.7. The predicted octanol–water partition coefficient (Wildman–Crippen LogP) is 3.44. The van der Waals surface area contributed by atoms with Crippen molar-refractivity contribution in [1.29, 1.82) is 0 Å². The molecule has 0 unspecified atom stereocenters. The molecule has 2 N–H and O–H groups in total. The number of amides is 1. The fourth-order valence-corrected chi connectivity index (χ4v) is 5.56. The van der Waals surface area contributed by atoms with Gasteiger partial charge in [-0.1, -0.05) is 30.3 Å². The van der Waals surface area contributed by atoms with E-state index in [9.17, 15) is 4.79 Å². The first-order valence-electron chi connectivity index (χ1n) is 10.2. The van der Waals surface area contributed by atoms with E-state index in [1.807, 2.05) is 44.1 Å². The van der Waals surface area contributed by atoms with Gasteiger partial charge in [0.2, 0.25) is 5.91 Å². The number of piperidine rings is 1. The van der Waals surface area contributed by atoms with Crippen LogP contribution in [0.25, 0.3) is 5.52 Å². The smallest absolute Gasteiger partial charge is 0.224 e. The standard InChI is InChI=1S/C23H26N4OS/c1-23(2,26-21(28)20-16-11-24-12-17(16)20)22-25-13-18-19(9-6-10-27(18)22)29-14-15-7-4-3-5-8-15/h3-10,13,16-17,20,24H,11-12,14H2,1-2H3,(H,26,28)/t16-,17+,20-. The van der Waals surface area contributed by atoms with Crippen molar-refractivity contribution in [2.24, 2.45) is 17.8 Å². The molecule has 0 spiro atoms. The minimum atomic E-state index is -0.531. The molecule has 1 saturated carbocycles. The molecule has 1 saturated heterocycles. The first kappa shape index (κ1) is 18.7. The monoisotopic (exact) mass is 406 g/mol. The van der Waals surface area contributed by atoms with Crippen molar-refractivity contribution >= 4 is 23.2 Å². The Kier molecular flexibility index (Phi) is 4.63. The second kappa shape index (κ2) is 7.18. The summed E-state index contributed by atoms with van der Waals surface area (Å²) in [6, 6.07) is 14.7. The summed E-state index contributed by atoms with van der Waals surface area (Å²) in [6.45, 7) is 6.02. The number of nitrogens with zero attached hydrogens (tertiary/aromatic N) is 2. The molecule has 2 fully saturated rings. The van der Waals surface area contributed by atoms with Crippen molar-refractivity contribution in [2.45, 2.75) is 30.0 Å². The summed E-state index contributed by atoms with van der Waals surface area (Å²) in [5.74, 6) is 3.15. The van der Waals surface area contributed by atoms with Crippen LogP contribution >= 0.6 is 11.8 Å². The van der Waals surface area contributed by atoms with E-state index in [0.29, 0.717) is 11.8 Å². The average molecular weight is 407 g/mol. The summed E-state index contributed by atoms with van der Waals surface area (Å²) < 4.78 is 2.11. The topological polar surface area (TPSA) is 58.4 Å². The van der Waals surface area contributed by atoms with Gasteiger partial charge in [0, 0.05) is 22.8 Å². The SMILES string of the molecule is CC(C)(NC(=O)[C@@H]1[C@@H]2CNC[C@@H]21)c1ncc2c(SCc3ccccc3)cccn12. The van der Waals surface area contributed by atoms with Crippen LogP contribution in [0.4, 0.5) is 0 Å². The third kappa shape index (κ3) is 3.45. The lowest BCUT2D eigenvalue weighted by Gasteiger charge is -2.26. The molecule has 3 heterocycles. The van der Waals surface area contributed by atoms with Crippen LogP contribution in [-0.4, -0.2) is 28.4 Å². The number of imidazole rings is 1. The molecule has 1 aromatic carbocycles. The molecule has 0 radical (unpaired) electrons. The van der Waals surface area contributed by atoms with Crippen LogP contribution in [0.3, 0.4) is 0 Å². The fourth-order valence-electron chi connectivity index (χ4n) is 4.57.